The van der Waals surface area contributed by atoms with Gasteiger partial charge in [0.25, 0.3) is 5.91 Å². The summed E-state index contributed by atoms with van der Waals surface area (Å²) in [6.45, 7) is -0.454. The predicted octanol–water partition coefficient (Wildman–Crippen LogP) is 1.02. The van der Waals surface area contributed by atoms with Gasteiger partial charge in [0.05, 0.1) is 12.9 Å². The Bertz CT molecular complexity index is 1100. The van der Waals surface area contributed by atoms with Gasteiger partial charge in [-0.05, 0) is 12.1 Å². The van der Waals surface area contributed by atoms with E-state index in [4.69, 9.17) is 18.9 Å². The van der Waals surface area contributed by atoms with E-state index in [2.05, 4.69) is 20.3 Å². The Kier molecular flexibility index (Phi) is 6.28. The van der Waals surface area contributed by atoms with Crippen molar-refractivity contribution < 1.29 is 33.4 Å². The predicted molar refractivity (Wildman–Crippen MR) is 106 cm³/mol. The Labute approximate surface area is 176 Å². The fourth-order valence-electron chi connectivity index (χ4n) is 3.46. The molecule has 0 aliphatic carbocycles. The maximum atomic E-state index is 12.5. The van der Waals surface area contributed by atoms with Crippen LogP contribution in [0.3, 0.4) is 0 Å². The van der Waals surface area contributed by atoms with E-state index in [1.807, 2.05) is 0 Å². The lowest BCUT2D eigenvalue weighted by atomic mass is 10.1. The summed E-state index contributed by atoms with van der Waals surface area (Å²) in [6.07, 6.45) is -0.912. The first kappa shape index (κ1) is 21.4. The lowest BCUT2D eigenvalue weighted by Gasteiger charge is -2.19. The number of aliphatic hydroxyl groups excluding tert-OH is 1. The summed E-state index contributed by atoms with van der Waals surface area (Å²) in [5, 5.41) is 12.3. The number of imidazole rings is 1. The van der Waals surface area contributed by atoms with Crippen molar-refractivity contribution in [3.8, 4) is 0 Å². The quantitative estimate of drug-likeness (QED) is 0.446. The molecule has 1 fully saturated rings. The number of rotatable bonds is 7. The summed E-state index contributed by atoms with van der Waals surface area (Å²) in [6, 6.07) is 8.64. The van der Waals surface area contributed by atoms with Crippen LogP contribution >= 0.6 is 8.25 Å². The third kappa shape index (κ3) is 4.17. The van der Waals surface area contributed by atoms with E-state index in [0.717, 1.165) is 0 Å². The van der Waals surface area contributed by atoms with Crippen molar-refractivity contribution in [3.63, 3.8) is 0 Å². The van der Waals surface area contributed by atoms with Gasteiger partial charge in [-0.1, -0.05) is 18.2 Å². The number of amides is 1. The molecule has 0 radical (unpaired) electrons. The zero-order valence-electron chi connectivity index (χ0n) is 16.2. The number of carbonyl (C=O) groups is 1. The molecule has 5 atom stereocenters. The molecule has 31 heavy (non-hydrogen) atoms. The first-order valence-corrected chi connectivity index (χ1v) is 10.3. The number of carbonyl (C=O) groups excluding carboxylic acids is 1. The number of ether oxygens (including phenoxy) is 2. The number of anilines is 1. The summed E-state index contributed by atoms with van der Waals surface area (Å²) >= 11 is 0. The van der Waals surface area contributed by atoms with Gasteiger partial charge in [0, 0.05) is 17.2 Å². The van der Waals surface area contributed by atoms with E-state index in [-0.39, 0.29) is 11.7 Å². The molecule has 0 spiro atoms. The maximum Gasteiger partial charge on any atom is 0.695 e. The molecule has 0 bridgehead atoms. The van der Waals surface area contributed by atoms with Crippen LogP contribution in [0.4, 0.5) is 5.82 Å². The van der Waals surface area contributed by atoms with Crippen LogP contribution in [0.1, 0.15) is 16.6 Å². The highest BCUT2D eigenvalue weighted by Gasteiger charge is 2.51. The molecule has 12 nitrogen and oxygen atoms in total. The SMILES string of the molecule is COC1C(O[P+](=O)O)C(CO)OC1n1cnc2c(NC(=O)c3ccccc3)ncnc21. The molecule has 1 saturated heterocycles. The van der Waals surface area contributed by atoms with E-state index >= 15 is 0 Å². The van der Waals surface area contributed by atoms with E-state index < -0.39 is 39.4 Å². The number of nitrogens with zero attached hydrogens (tertiary/aromatic N) is 4. The lowest BCUT2D eigenvalue weighted by molar-refractivity contribution is -0.0583. The summed E-state index contributed by atoms with van der Waals surface area (Å²) in [5.74, 6) is -0.155. The Morgan fingerprint density at radius 1 is 1.26 bits per heavy atom. The van der Waals surface area contributed by atoms with Gasteiger partial charge < -0.3 is 19.9 Å². The van der Waals surface area contributed by atoms with Crippen LogP contribution in [0.15, 0.2) is 43.0 Å². The number of aliphatic hydroxyl groups is 1. The highest BCUT2D eigenvalue weighted by atomic mass is 31.1. The van der Waals surface area contributed by atoms with Crippen molar-refractivity contribution in [2.45, 2.75) is 24.5 Å². The van der Waals surface area contributed by atoms with Crippen LogP contribution in [-0.4, -0.2) is 67.5 Å². The normalized spacial score (nSPS) is 23.8. The van der Waals surface area contributed by atoms with Gasteiger partial charge in [0.15, 0.2) is 29.3 Å². The summed E-state index contributed by atoms with van der Waals surface area (Å²) in [5.41, 5.74) is 1.09. The highest BCUT2D eigenvalue weighted by Crippen LogP contribution is 2.38. The average molecular weight is 448 g/mol. The van der Waals surface area contributed by atoms with Gasteiger partial charge in [-0.2, -0.15) is 0 Å². The fraction of sp³-hybridized carbons (Fsp3) is 0.333. The van der Waals surface area contributed by atoms with Crippen LogP contribution < -0.4 is 5.32 Å². The molecule has 13 heteroatoms. The standard InChI is InChI=1S/C18H18N5O7P/c1-28-14-13(30-31(26)27)11(7-24)29-18(14)23-9-21-12-15(19-8-20-16(12)23)22-17(25)10-5-3-2-4-6-10/h2-6,8-9,11,13-14,18,24H,7H2,1H3,(H-,19,20,22,25,26,27)/p+1. The topological polar surface area (TPSA) is 158 Å². The van der Waals surface area contributed by atoms with Crippen LogP contribution in [0.5, 0.6) is 0 Å². The van der Waals surface area contributed by atoms with E-state index in [9.17, 15) is 14.5 Å². The van der Waals surface area contributed by atoms with Gasteiger partial charge in [0.1, 0.15) is 18.5 Å². The van der Waals surface area contributed by atoms with Gasteiger partial charge in [-0.25, -0.2) is 15.0 Å². The molecular formula is C18H19N5O7P+. The second-order valence-corrected chi connectivity index (χ2v) is 7.31. The summed E-state index contributed by atoms with van der Waals surface area (Å²) in [7, 11) is -1.55. The number of hydrogen-bond acceptors (Lipinski definition) is 9. The molecule has 3 aromatic rings. The molecule has 1 aliphatic heterocycles. The summed E-state index contributed by atoms with van der Waals surface area (Å²) in [4.78, 5) is 34.3. The smallest absolute Gasteiger partial charge is 0.394 e. The molecule has 162 valence electrons. The molecule has 1 aliphatic rings. The van der Waals surface area contributed by atoms with Crippen LogP contribution in [0, 0.1) is 0 Å². The van der Waals surface area contributed by atoms with E-state index in [1.165, 1.54) is 24.3 Å². The lowest BCUT2D eigenvalue weighted by Crippen LogP contribution is -2.35. The third-order valence-corrected chi connectivity index (χ3v) is 5.27. The van der Waals surface area contributed by atoms with Crippen LogP contribution in [0.25, 0.3) is 11.2 Å². The minimum Gasteiger partial charge on any atom is -0.394 e. The Morgan fingerprint density at radius 3 is 2.71 bits per heavy atom. The molecular weight excluding hydrogens is 429 g/mol. The number of methoxy groups -OCH3 is 1. The minimum atomic E-state index is -2.94. The molecule has 3 heterocycles. The van der Waals surface area contributed by atoms with Crippen molar-refractivity contribution in [2.75, 3.05) is 19.0 Å². The van der Waals surface area contributed by atoms with Crippen molar-refractivity contribution in [3.05, 3.63) is 48.5 Å². The number of benzene rings is 1. The Morgan fingerprint density at radius 2 is 2.03 bits per heavy atom. The molecule has 1 aromatic carbocycles. The largest absolute Gasteiger partial charge is 0.695 e. The van der Waals surface area contributed by atoms with Crippen molar-refractivity contribution in [1.82, 2.24) is 19.5 Å². The highest BCUT2D eigenvalue weighted by molar-refractivity contribution is 7.32. The van der Waals surface area contributed by atoms with Crippen LogP contribution in [-0.2, 0) is 18.6 Å². The zero-order chi connectivity index (χ0) is 22.0. The molecule has 0 saturated carbocycles. The number of aromatic nitrogens is 4. The van der Waals surface area contributed by atoms with Crippen LogP contribution in [0.2, 0.25) is 0 Å². The van der Waals surface area contributed by atoms with Gasteiger partial charge in [0.2, 0.25) is 0 Å². The van der Waals surface area contributed by atoms with Gasteiger partial charge >= 0.3 is 8.25 Å². The summed E-state index contributed by atoms with van der Waals surface area (Å²) < 4.78 is 29.0. The zero-order valence-corrected chi connectivity index (χ0v) is 17.1. The van der Waals surface area contributed by atoms with Crippen molar-refractivity contribution >= 4 is 31.1 Å². The third-order valence-electron chi connectivity index (χ3n) is 4.85. The molecule has 3 N–H and O–H groups in total. The average Bonchev–Trinajstić information content (AvgIpc) is 3.35. The van der Waals surface area contributed by atoms with Gasteiger partial charge in [-0.15, -0.1) is 9.42 Å². The fourth-order valence-corrected chi connectivity index (χ4v) is 3.92. The van der Waals surface area contributed by atoms with Crippen molar-refractivity contribution in [1.29, 1.82) is 0 Å². The van der Waals surface area contributed by atoms with Gasteiger partial charge in [-0.3, -0.25) is 9.36 Å². The minimum absolute atomic E-state index is 0.203. The second kappa shape index (κ2) is 9.10. The van der Waals surface area contributed by atoms with E-state index in [1.54, 1.807) is 30.3 Å². The number of fused-ring (bicyclic) bond motifs is 1. The molecule has 1 amide bonds. The molecule has 5 unspecified atom stereocenters. The monoisotopic (exact) mass is 448 g/mol. The first-order valence-electron chi connectivity index (χ1n) is 9.19. The van der Waals surface area contributed by atoms with Crippen molar-refractivity contribution in [2.24, 2.45) is 0 Å². The maximum absolute atomic E-state index is 12.5. The molecule has 2 aromatic heterocycles. The number of hydrogen-bond donors (Lipinski definition) is 3. The Hall–Kier alpha value is -2.86. The van der Waals surface area contributed by atoms with E-state index in [0.29, 0.717) is 16.7 Å². The molecule has 4 rings (SSSR count). The Balaban J connectivity index is 1.66. The second-order valence-electron chi connectivity index (χ2n) is 6.62. The number of nitrogens with one attached hydrogen (secondary N) is 1. The first-order chi connectivity index (χ1) is 15.0.